The first-order chi connectivity index (χ1) is 9.22. The van der Waals surface area contributed by atoms with Crippen LogP contribution >= 0.6 is 11.3 Å². The first-order valence-electron chi connectivity index (χ1n) is 6.18. The van der Waals surface area contributed by atoms with Crippen LogP contribution in [0.4, 0.5) is 5.13 Å². The second-order valence-corrected chi connectivity index (χ2v) is 5.11. The number of hydrogen-bond donors (Lipinski definition) is 2. The van der Waals surface area contributed by atoms with Crippen LogP contribution in [0, 0.1) is 0 Å². The molecular weight excluding hydrogens is 262 g/mol. The van der Waals surface area contributed by atoms with E-state index in [1.165, 1.54) is 11.3 Å². The highest BCUT2D eigenvalue weighted by molar-refractivity contribution is 7.22. The van der Waals surface area contributed by atoms with Gasteiger partial charge in [0.15, 0.2) is 5.13 Å². The third-order valence-corrected chi connectivity index (χ3v) is 3.49. The van der Waals surface area contributed by atoms with Crippen LogP contribution < -0.4 is 15.4 Å². The Balaban J connectivity index is 2.02. The third-order valence-electron chi connectivity index (χ3n) is 2.55. The second-order valence-electron chi connectivity index (χ2n) is 4.08. The van der Waals surface area contributed by atoms with Crippen LogP contribution in [0.2, 0.25) is 0 Å². The number of nitrogens with zero attached hydrogens (tertiary/aromatic N) is 1. The molecule has 19 heavy (non-hydrogen) atoms. The van der Waals surface area contributed by atoms with Gasteiger partial charge in [-0.25, -0.2) is 4.98 Å². The molecule has 0 aliphatic heterocycles. The summed E-state index contributed by atoms with van der Waals surface area (Å²) in [6.07, 6.45) is 1.01. The SMILES string of the molecule is CCCNCC(=O)Nc1nc2ccc(OC)cc2s1. The van der Waals surface area contributed by atoms with Gasteiger partial charge >= 0.3 is 0 Å². The molecule has 1 aromatic heterocycles. The molecule has 1 amide bonds. The highest BCUT2D eigenvalue weighted by Crippen LogP contribution is 2.28. The molecule has 0 saturated heterocycles. The molecule has 102 valence electrons. The topological polar surface area (TPSA) is 63.2 Å². The summed E-state index contributed by atoms with van der Waals surface area (Å²) in [6, 6.07) is 5.66. The highest BCUT2D eigenvalue weighted by atomic mass is 32.1. The fourth-order valence-corrected chi connectivity index (χ4v) is 2.54. The molecule has 0 bridgehead atoms. The average Bonchev–Trinajstić information content (AvgIpc) is 2.79. The lowest BCUT2D eigenvalue weighted by atomic mass is 10.3. The largest absolute Gasteiger partial charge is 0.497 e. The van der Waals surface area contributed by atoms with Gasteiger partial charge < -0.3 is 15.4 Å². The van der Waals surface area contributed by atoms with Gasteiger partial charge in [0.2, 0.25) is 5.91 Å². The molecule has 0 fully saturated rings. The van der Waals surface area contributed by atoms with E-state index in [2.05, 4.69) is 22.5 Å². The van der Waals surface area contributed by atoms with Gasteiger partial charge in [-0.05, 0) is 31.2 Å². The van der Waals surface area contributed by atoms with Crippen molar-refractivity contribution in [3.05, 3.63) is 18.2 Å². The van der Waals surface area contributed by atoms with E-state index in [0.717, 1.165) is 28.9 Å². The number of anilines is 1. The summed E-state index contributed by atoms with van der Waals surface area (Å²) in [5.41, 5.74) is 0.864. The average molecular weight is 279 g/mol. The van der Waals surface area contributed by atoms with Crippen molar-refractivity contribution in [2.45, 2.75) is 13.3 Å². The lowest BCUT2D eigenvalue weighted by molar-refractivity contribution is -0.115. The second kappa shape index (κ2) is 6.49. The molecule has 2 rings (SSSR count). The minimum absolute atomic E-state index is 0.0699. The van der Waals surface area contributed by atoms with Crippen molar-refractivity contribution in [1.29, 1.82) is 0 Å². The molecule has 6 heteroatoms. The van der Waals surface area contributed by atoms with E-state index in [1.54, 1.807) is 7.11 Å². The van der Waals surface area contributed by atoms with Crippen molar-refractivity contribution in [1.82, 2.24) is 10.3 Å². The van der Waals surface area contributed by atoms with Crippen molar-refractivity contribution < 1.29 is 9.53 Å². The van der Waals surface area contributed by atoms with Crippen molar-refractivity contribution in [2.24, 2.45) is 0 Å². The van der Waals surface area contributed by atoms with Gasteiger partial charge in [-0.15, -0.1) is 0 Å². The predicted molar refractivity (Wildman–Crippen MR) is 78.0 cm³/mol. The van der Waals surface area contributed by atoms with Crippen LogP contribution in [-0.4, -0.2) is 31.1 Å². The van der Waals surface area contributed by atoms with E-state index in [0.29, 0.717) is 11.7 Å². The maximum absolute atomic E-state index is 11.7. The Morgan fingerprint density at radius 3 is 3.05 bits per heavy atom. The van der Waals surface area contributed by atoms with Gasteiger partial charge in [-0.3, -0.25) is 4.79 Å². The molecule has 0 unspecified atom stereocenters. The maximum atomic E-state index is 11.7. The Hall–Kier alpha value is -1.66. The fourth-order valence-electron chi connectivity index (χ4n) is 1.63. The predicted octanol–water partition coefficient (Wildman–Crippen LogP) is 2.24. The van der Waals surface area contributed by atoms with Gasteiger partial charge in [0.1, 0.15) is 5.75 Å². The minimum atomic E-state index is -0.0699. The zero-order valence-electron chi connectivity index (χ0n) is 11.0. The van der Waals surface area contributed by atoms with Gasteiger partial charge in [-0.2, -0.15) is 0 Å². The van der Waals surface area contributed by atoms with Crippen LogP contribution in [0.1, 0.15) is 13.3 Å². The lowest BCUT2D eigenvalue weighted by Crippen LogP contribution is -2.28. The molecule has 2 aromatic rings. The number of amides is 1. The Bertz CT molecular complexity index is 568. The van der Waals surface area contributed by atoms with Gasteiger partial charge in [0, 0.05) is 0 Å². The fraction of sp³-hybridized carbons (Fsp3) is 0.385. The van der Waals surface area contributed by atoms with Crippen molar-refractivity contribution in [3.8, 4) is 5.75 Å². The Morgan fingerprint density at radius 2 is 2.32 bits per heavy atom. The first-order valence-corrected chi connectivity index (χ1v) is 6.99. The molecule has 0 aliphatic rings. The van der Waals surface area contributed by atoms with E-state index in [-0.39, 0.29) is 5.91 Å². The third kappa shape index (κ3) is 3.65. The molecule has 1 aromatic carbocycles. The number of thiazole rings is 1. The monoisotopic (exact) mass is 279 g/mol. The number of carbonyl (C=O) groups is 1. The molecule has 0 spiro atoms. The van der Waals surface area contributed by atoms with E-state index in [4.69, 9.17) is 4.74 Å². The number of benzene rings is 1. The number of fused-ring (bicyclic) bond motifs is 1. The zero-order chi connectivity index (χ0) is 13.7. The van der Waals surface area contributed by atoms with Crippen molar-refractivity contribution in [2.75, 3.05) is 25.5 Å². The van der Waals surface area contributed by atoms with E-state index in [1.807, 2.05) is 18.2 Å². The molecule has 1 heterocycles. The molecule has 2 N–H and O–H groups in total. The van der Waals surface area contributed by atoms with Crippen molar-refractivity contribution >= 4 is 32.6 Å². The summed E-state index contributed by atoms with van der Waals surface area (Å²) >= 11 is 1.44. The zero-order valence-corrected chi connectivity index (χ0v) is 11.8. The van der Waals surface area contributed by atoms with E-state index in [9.17, 15) is 4.79 Å². The highest BCUT2D eigenvalue weighted by Gasteiger charge is 2.08. The van der Waals surface area contributed by atoms with Gasteiger partial charge in [0.05, 0.1) is 23.9 Å². The quantitative estimate of drug-likeness (QED) is 0.796. The summed E-state index contributed by atoms with van der Waals surface area (Å²) in [4.78, 5) is 16.0. The molecule has 0 saturated carbocycles. The molecule has 0 aliphatic carbocycles. The lowest BCUT2D eigenvalue weighted by Gasteiger charge is -2.02. The van der Waals surface area contributed by atoms with Gasteiger partial charge in [-0.1, -0.05) is 18.3 Å². The number of carbonyl (C=O) groups excluding carboxylic acids is 1. The number of hydrogen-bond acceptors (Lipinski definition) is 5. The van der Waals surface area contributed by atoms with Crippen LogP contribution in [0.3, 0.4) is 0 Å². The first kappa shape index (κ1) is 13.8. The van der Waals surface area contributed by atoms with Crippen LogP contribution in [0.25, 0.3) is 10.2 Å². The summed E-state index contributed by atoms with van der Waals surface area (Å²) in [6.45, 7) is 3.21. The number of aromatic nitrogens is 1. The van der Waals surface area contributed by atoms with E-state index < -0.39 is 0 Å². The molecule has 0 atom stereocenters. The van der Waals surface area contributed by atoms with Crippen LogP contribution in [0.15, 0.2) is 18.2 Å². The normalized spacial score (nSPS) is 10.6. The Morgan fingerprint density at radius 1 is 1.47 bits per heavy atom. The molecule has 0 radical (unpaired) electrons. The standard InChI is InChI=1S/C13H17N3O2S/c1-3-6-14-8-12(17)16-13-15-10-5-4-9(18-2)7-11(10)19-13/h4-5,7,14H,3,6,8H2,1-2H3,(H,15,16,17). The Labute approximate surface area is 116 Å². The minimum Gasteiger partial charge on any atom is -0.497 e. The number of rotatable bonds is 6. The van der Waals surface area contributed by atoms with Gasteiger partial charge in [0.25, 0.3) is 0 Å². The van der Waals surface area contributed by atoms with Crippen LogP contribution in [-0.2, 0) is 4.79 Å². The summed E-state index contributed by atoms with van der Waals surface area (Å²) < 4.78 is 6.16. The maximum Gasteiger partial charge on any atom is 0.240 e. The molecular formula is C13H17N3O2S. The summed E-state index contributed by atoms with van der Waals surface area (Å²) in [7, 11) is 1.63. The summed E-state index contributed by atoms with van der Waals surface area (Å²) in [5.74, 6) is 0.720. The number of ether oxygens (including phenoxy) is 1. The molecule has 5 nitrogen and oxygen atoms in total. The summed E-state index contributed by atoms with van der Waals surface area (Å²) in [5, 5.41) is 6.46. The van der Waals surface area contributed by atoms with Crippen LogP contribution in [0.5, 0.6) is 5.75 Å². The van der Waals surface area contributed by atoms with Crippen molar-refractivity contribution in [3.63, 3.8) is 0 Å². The number of nitrogens with one attached hydrogen (secondary N) is 2. The number of methoxy groups -OCH3 is 1. The van der Waals surface area contributed by atoms with E-state index >= 15 is 0 Å². The smallest absolute Gasteiger partial charge is 0.240 e. The Kier molecular flexibility index (Phi) is 4.70.